The predicted octanol–water partition coefficient (Wildman–Crippen LogP) is 2.19. The molecule has 2 aliphatic heterocycles. The zero-order valence-corrected chi connectivity index (χ0v) is 15.9. The summed E-state index contributed by atoms with van der Waals surface area (Å²) >= 11 is 1.62. The second kappa shape index (κ2) is 7.19. The Morgan fingerprint density at radius 2 is 1.92 bits per heavy atom. The highest BCUT2D eigenvalue weighted by atomic mass is 32.1. The number of piperazine rings is 1. The van der Waals surface area contributed by atoms with Gasteiger partial charge in [-0.05, 0) is 33.6 Å². The van der Waals surface area contributed by atoms with Crippen LogP contribution < -0.4 is 4.90 Å². The fourth-order valence-corrected chi connectivity index (χ4v) is 3.96. The van der Waals surface area contributed by atoms with E-state index in [-0.39, 0.29) is 18.0 Å². The molecule has 7 nitrogen and oxygen atoms in total. The summed E-state index contributed by atoms with van der Waals surface area (Å²) in [6.45, 7) is 9.00. The minimum atomic E-state index is -0.549. The molecule has 2 aliphatic rings. The van der Waals surface area contributed by atoms with Crippen molar-refractivity contribution in [2.75, 3.05) is 37.6 Å². The SMILES string of the molecule is CC(C)(C)OC(=O)N1CCCC1C(=O)N1CCN(c2nccs2)CC1. The maximum Gasteiger partial charge on any atom is 0.410 e. The first-order valence-corrected chi connectivity index (χ1v) is 9.66. The third-order valence-electron chi connectivity index (χ3n) is 4.45. The Balaban J connectivity index is 1.58. The van der Waals surface area contributed by atoms with Crippen LogP contribution in [0.1, 0.15) is 33.6 Å². The molecule has 0 aromatic carbocycles. The Bertz CT molecular complexity index is 606. The van der Waals surface area contributed by atoms with Gasteiger partial charge in [0.25, 0.3) is 0 Å². The van der Waals surface area contributed by atoms with Crippen LogP contribution in [0.25, 0.3) is 0 Å². The van der Waals surface area contributed by atoms with Crippen LogP contribution in [0.3, 0.4) is 0 Å². The van der Waals surface area contributed by atoms with E-state index >= 15 is 0 Å². The molecule has 1 atom stereocenters. The molecule has 8 heteroatoms. The number of nitrogens with zero attached hydrogens (tertiary/aromatic N) is 4. The maximum absolute atomic E-state index is 12.9. The molecular formula is C17H26N4O3S. The highest BCUT2D eigenvalue weighted by molar-refractivity contribution is 7.13. The molecule has 2 saturated heterocycles. The van der Waals surface area contributed by atoms with Gasteiger partial charge in [0.2, 0.25) is 5.91 Å². The van der Waals surface area contributed by atoms with Crippen LogP contribution in [0.4, 0.5) is 9.93 Å². The van der Waals surface area contributed by atoms with Gasteiger partial charge >= 0.3 is 6.09 Å². The van der Waals surface area contributed by atoms with Crippen molar-refractivity contribution in [1.29, 1.82) is 0 Å². The van der Waals surface area contributed by atoms with Gasteiger partial charge in [-0.1, -0.05) is 0 Å². The Hall–Kier alpha value is -1.83. The lowest BCUT2D eigenvalue weighted by Gasteiger charge is -2.37. The van der Waals surface area contributed by atoms with E-state index in [1.54, 1.807) is 22.4 Å². The molecule has 0 N–H and O–H groups in total. The second-order valence-corrected chi connectivity index (χ2v) is 8.33. The third kappa shape index (κ3) is 4.23. The summed E-state index contributed by atoms with van der Waals surface area (Å²) in [5.41, 5.74) is -0.549. The normalized spacial score (nSPS) is 21.6. The largest absolute Gasteiger partial charge is 0.444 e. The lowest BCUT2D eigenvalue weighted by atomic mass is 10.1. The van der Waals surface area contributed by atoms with E-state index in [1.807, 2.05) is 31.1 Å². The van der Waals surface area contributed by atoms with Gasteiger partial charge in [-0.3, -0.25) is 9.69 Å². The van der Waals surface area contributed by atoms with Gasteiger partial charge < -0.3 is 14.5 Å². The number of rotatable bonds is 2. The van der Waals surface area contributed by atoms with E-state index in [0.29, 0.717) is 26.1 Å². The average Bonchev–Trinajstić information content (AvgIpc) is 3.24. The van der Waals surface area contributed by atoms with Crippen molar-refractivity contribution in [2.45, 2.75) is 45.3 Å². The van der Waals surface area contributed by atoms with Gasteiger partial charge in [-0.2, -0.15) is 0 Å². The maximum atomic E-state index is 12.9. The Morgan fingerprint density at radius 1 is 1.20 bits per heavy atom. The highest BCUT2D eigenvalue weighted by Gasteiger charge is 2.39. The molecule has 25 heavy (non-hydrogen) atoms. The van der Waals surface area contributed by atoms with Crippen LogP contribution in [0.15, 0.2) is 11.6 Å². The number of carbonyl (C=O) groups excluding carboxylic acids is 2. The number of aromatic nitrogens is 1. The molecule has 3 rings (SSSR count). The van der Waals surface area contributed by atoms with Gasteiger partial charge in [-0.15, -0.1) is 11.3 Å². The van der Waals surface area contributed by atoms with Crippen molar-refractivity contribution < 1.29 is 14.3 Å². The number of carbonyl (C=O) groups is 2. The average molecular weight is 366 g/mol. The van der Waals surface area contributed by atoms with E-state index in [1.165, 1.54) is 0 Å². The zero-order chi connectivity index (χ0) is 18.0. The van der Waals surface area contributed by atoms with Crippen molar-refractivity contribution in [3.8, 4) is 0 Å². The topological polar surface area (TPSA) is 66.0 Å². The molecule has 0 bridgehead atoms. The van der Waals surface area contributed by atoms with Crippen molar-refractivity contribution in [1.82, 2.24) is 14.8 Å². The number of hydrogen-bond acceptors (Lipinski definition) is 6. The molecule has 1 aromatic rings. The molecule has 2 fully saturated rings. The molecule has 1 unspecified atom stereocenters. The Morgan fingerprint density at radius 3 is 2.52 bits per heavy atom. The molecule has 0 spiro atoms. The van der Waals surface area contributed by atoms with E-state index in [9.17, 15) is 9.59 Å². The minimum absolute atomic E-state index is 0.0437. The molecule has 138 valence electrons. The van der Waals surface area contributed by atoms with Gasteiger partial charge in [0.1, 0.15) is 11.6 Å². The van der Waals surface area contributed by atoms with E-state index in [0.717, 1.165) is 24.6 Å². The highest BCUT2D eigenvalue weighted by Crippen LogP contribution is 2.24. The first-order valence-electron chi connectivity index (χ1n) is 8.78. The van der Waals surface area contributed by atoms with E-state index in [4.69, 9.17) is 4.74 Å². The fourth-order valence-electron chi connectivity index (χ4n) is 3.26. The van der Waals surface area contributed by atoms with Gasteiger partial charge in [0.05, 0.1) is 0 Å². The monoisotopic (exact) mass is 366 g/mol. The Kier molecular flexibility index (Phi) is 5.17. The third-order valence-corrected chi connectivity index (χ3v) is 5.28. The van der Waals surface area contributed by atoms with Gasteiger partial charge in [-0.25, -0.2) is 9.78 Å². The lowest BCUT2D eigenvalue weighted by molar-refractivity contribution is -0.136. The number of anilines is 1. The number of ether oxygens (including phenoxy) is 1. The van der Waals surface area contributed by atoms with E-state index in [2.05, 4.69) is 9.88 Å². The second-order valence-electron chi connectivity index (χ2n) is 7.46. The quantitative estimate of drug-likeness (QED) is 0.803. The molecular weight excluding hydrogens is 340 g/mol. The fraction of sp³-hybridized carbons (Fsp3) is 0.706. The number of thiazole rings is 1. The number of hydrogen-bond donors (Lipinski definition) is 0. The summed E-state index contributed by atoms with van der Waals surface area (Å²) < 4.78 is 5.46. The van der Waals surface area contributed by atoms with Crippen LogP contribution in [0, 0.1) is 0 Å². The van der Waals surface area contributed by atoms with E-state index < -0.39 is 5.60 Å². The molecule has 2 amide bonds. The summed E-state index contributed by atoms with van der Waals surface area (Å²) in [4.78, 5) is 35.3. The summed E-state index contributed by atoms with van der Waals surface area (Å²) in [6, 6.07) is -0.388. The van der Waals surface area contributed by atoms with Crippen LogP contribution >= 0.6 is 11.3 Å². The van der Waals surface area contributed by atoms with Crippen molar-refractivity contribution in [3.63, 3.8) is 0 Å². The van der Waals surface area contributed by atoms with Crippen molar-refractivity contribution in [3.05, 3.63) is 11.6 Å². The first kappa shape index (κ1) is 18.0. The first-order chi connectivity index (χ1) is 11.8. The van der Waals surface area contributed by atoms with Crippen molar-refractivity contribution in [2.24, 2.45) is 0 Å². The zero-order valence-electron chi connectivity index (χ0n) is 15.1. The standard InChI is InChI=1S/C17H26N4O3S/c1-17(2,3)24-16(23)21-7-4-5-13(21)14(22)19-8-10-20(11-9-19)15-18-6-12-25-15/h6,12-13H,4-5,7-11H2,1-3H3. The molecule has 0 aliphatic carbocycles. The summed E-state index contributed by atoms with van der Waals surface area (Å²) in [5.74, 6) is 0.0437. The summed E-state index contributed by atoms with van der Waals surface area (Å²) in [5, 5.41) is 2.97. The van der Waals surface area contributed by atoms with Crippen LogP contribution in [0.2, 0.25) is 0 Å². The molecule has 0 saturated carbocycles. The van der Waals surface area contributed by atoms with Crippen molar-refractivity contribution >= 4 is 28.5 Å². The van der Waals surface area contributed by atoms with Crippen LogP contribution in [-0.2, 0) is 9.53 Å². The predicted molar refractivity (Wildman–Crippen MR) is 96.9 cm³/mol. The van der Waals surface area contributed by atoms with Crippen LogP contribution in [0.5, 0.6) is 0 Å². The smallest absolute Gasteiger partial charge is 0.410 e. The lowest BCUT2D eigenvalue weighted by Crippen LogP contribution is -2.54. The van der Waals surface area contributed by atoms with Crippen LogP contribution in [-0.4, -0.2) is 71.2 Å². The Labute approximate surface area is 152 Å². The number of amides is 2. The van der Waals surface area contributed by atoms with Gasteiger partial charge in [0.15, 0.2) is 5.13 Å². The van der Waals surface area contributed by atoms with Gasteiger partial charge in [0, 0.05) is 44.3 Å². The minimum Gasteiger partial charge on any atom is -0.444 e. The molecule has 3 heterocycles. The number of likely N-dealkylation sites (tertiary alicyclic amines) is 1. The summed E-state index contributed by atoms with van der Waals surface area (Å²) in [7, 11) is 0. The summed E-state index contributed by atoms with van der Waals surface area (Å²) in [6.07, 6.45) is 2.97. The molecule has 0 radical (unpaired) electrons. The molecule has 1 aromatic heterocycles.